The smallest absolute Gasteiger partial charge is 0.314 e. The second-order valence-corrected chi connectivity index (χ2v) is 8.73. The molecule has 0 spiro atoms. The number of nitrogens with zero attached hydrogens (tertiary/aromatic N) is 1. The first-order valence-corrected chi connectivity index (χ1v) is 12.1. The summed E-state index contributed by atoms with van der Waals surface area (Å²) in [6, 6.07) is 6.82. The molecule has 2 amide bonds. The van der Waals surface area contributed by atoms with Crippen molar-refractivity contribution in [2.45, 2.75) is 88.9 Å². The summed E-state index contributed by atoms with van der Waals surface area (Å²) in [5.74, 6) is 1.08. The van der Waals surface area contributed by atoms with Gasteiger partial charge >= 0.3 is 6.03 Å². The molecule has 0 heterocycles. The van der Waals surface area contributed by atoms with E-state index in [2.05, 4.69) is 6.92 Å². The van der Waals surface area contributed by atoms with Gasteiger partial charge in [0.05, 0.1) is 0 Å². The highest BCUT2D eigenvalue weighted by molar-refractivity contribution is 7.99. The molecule has 0 atom stereocenters. The summed E-state index contributed by atoms with van der Waals surface area (Å²) < 4.78 is 0. The van der Waals surface area contributed by atoms with E-state index in [4.69, 9.17) is 5.73 Å². The number of primary amides is 1. The fourth-order valence-corrected chi connectivity index (χ4v) is 4.17. The van der Waals surface area contributed by atoms with Crippen LogP contribution in [-0.2, 0) is 0 Å². The average molecular weight is 409 g/mol. The lowest BCUT2D eigenvalue weighted by Gasteiger charge is -2.20. The molecule has 0 saturated heterocycles. The molecule has 0 aromatic heterocycles. The number of nitrogens with two attached hydrogens (primary N) is 1. The summed E-state index contributed by atoms with van der Waals surface area (Å²) in [6.07, 6.45) is 15.8. The second kappa shape index (κ2) is 16.6. The number of urea groups is 1. The van der Waals surface area contributed by atoms with Crippen LogP contribution in [-0.4, -0.2) is 34.9 Å². The molecule has 1 rings (SSSR count). The molecular formula is C23H40N2O2S. The third-order valence-corrected chi connectivity index (χ3v) is 6.05. The van der Waals surface area contributed by atoms with Crippen molar-refractivity contribution in [1.29, 1.82) is 0 Å². The Hall–Kier alpha value is -1.36. The Kier molecular flexibility index (Phi) is 14.6. The van der Waals surface area contributed by atoms with Crippen LogP contribution in [0.5, 0.6) is 5.75 Å². The lowest BCUT2D eigenvalue weighted by Crippen LogP contribution is -2.38. The Balaban J connectivity index is 2.00. The van der Waals surface area contributed by atoms with Crippen LogP contribution in [0.15, 0.2) is 29.2 Å². The van der Waals surface area contributed by atoms with Gasteiger partial charge in [-0.05, 0) is 30.7 Å². The molecule has 0 aliphatic heterocycles. The van der Waals surface area contributed by atoms with Crippen LogP contribution < -0.4 is 5.73 Å². The van der Waals surface area contributed by atoms with Crippen LogP contribution in [0.1, 0.15) is 84.0 Å². The third kappa shape index (κ3) is 12.9. The van der Waals surface area contributed by atoms with E-state index in [1.807, 2.05) is 12.1 Å². The van der Waals surface area contributed by atoms with E-state index < -0.39 is 0 Å². The molecule has 5 heteroatoms. The van der Waals surface area contributed by atoms with E-state index >= 15 is 0 Å². The van der Waals surface area contributed by atoms with Crippen LogP contribution in [0.25, 0.3) is 0 Å². The van der Waals surface area contributed by atoms with Gasteiger partial charge < -0.3 is 15.7 Å². The van der Waals surface area contributed by atoms with E-state index in [1.54, 1.807) is 28.8 Å². The molecule has 0 aliphatic carbocycles. The van der Waals surface area contributed by atoms with E-state index in [0.717, 1.165) is 23.6 Å². The highest BCUT2D eigenvalue weighted by atomic mass is 32.2. The maximum atomic E-state index is 11.6. The molecule has 0 bridgehead atoms. The molecule has 1 aromatic carbocycles. The normalized spacial score (nSPS) is 10.9. The topological polar surface area (TPSA) is 66.6 Å². The first-order chi connectivity index (χ1) is 13.6. The Morgan fingerprint density at radius 2 is 1.36 bits per heavy atom. The van der Waals surface area contributed by atoms with Gasteiger partial charge in [-0.2, -0.15) is 0 Å². The van der Waals surface area contributed by atoms with Crippen molar-refractivity contribution >= 4 is 17.8 Å². The van der Waals surface area contributed by atoms with Gasteiger partial charge in [0.15, 0.2) is 0 Å². The molecule has 0 fully saturated rings. The lowest BCUT2D eigenvalue weighted by molar-refractivity contribution is 0.209. The predicted octanol–water partition coefficient (Wildman–Crippen LogP) is 6.57. The van der Waals surface area contributed by atoms with Crippen molar-refractivity contribution in [2.75, 3.05) is 18.8 Å². The van der Waals surface area contributed by atoms with Crippen molar-refractivity contribution in [1.82, 2.24) is 4.90 Å². The largest absolute Gasteiger partial charge is 0.508 e. The zero-order chi connectivity index (χ0) is 20.5. The predicted molar refractivity (Wildman–Crippen MR) is 121 cm³/mol. The van der Waals surface area contributed by atoms with Gasteiger partial charge in [0.1, 0.15) is 5.75 Å². The quantitative estimate of drug-likeness (QED) is 0.226. The van der Waals surface area contributed by atoms with Gasteiger partial charge in [0.25, 0.3) is 0 Å². The van der Waals surface area contributed by atoms with E-state index in [-0.39, 0.29) is 11.8 Å². The maximum absolute atomic E-state index is 11.6. The number of phenolic OH excluding ortho intramolecular Hbond substituents is 1. The summed E-state index contributed by atoms with van der Waals surface area (Å²) in [5, 5.41) is 9.31. The summed E-state index contributed by atoms with van der Waals surface area (Å²) >= 11 is 1.68. The summed E-state index contributed by atoms with van der Waals surface area (Å²) in [6.45, 7) is 3.68. The Morgan fingerprint density at radius 1 is 0.857 bits per heavy atom. The molecule has 4 nitrogen and oxygen atoms in total. The number of unbranched alkanes of at least 4 members (excludes halogenated alkanes) is 11. The fraction of sp³-hybridized carbons (Fsp3) is 0.696. The second-order valence-electron chi connectivity index (χ2n) is 7.56. The van der Waals surface area contributed by atoms with Crippen molar-refractivity contribution in [3.63, 3.8) is 0 Å². The minimum absolute atomic E-state index is 0.273. The van der Waals surface area contributed by atoms with Gasteiger partial charge in [-0.25, -0.2) is 4.79 Å². The minimum atomic E-state index is -0.325. The van der Waals surface area contributed by atoms with Crippen LogP contribution in [0.3, 0.4) is 0 Å². The first-order valence-electron chi connectivity index (χ1n) is 11.1. The SMILES string of the molecule is CCCCCCCCCCCCCCN(CCSc1ccc(O)cc1)C(N)=O. The monoisotopic (exact) mass is 408 g/mol. The number of benzene rings is 1. The maximum Gasteiger partial charge on any atom is 0.314 e. The molecule has 0 saturated carbocycles. The van der Waals surface area contributed by atoms with Gasteiger partial charge in [-0.1, -0.05) is 77.6 Å². The molecule has 3 N–H and O–H groups in total. The van der Waals surface area contributed by atoms with Crippen LogP contribution in [0.4, 0.5) is 4.79 Å². The molecular weight excluding hydrogens is 368 g/mol. The number of rotatable bonds is 17. The molecule has 28 heavy (non-hydrogen) atoms. The third-order valence-electron chi connectivity index (χ3n) is 5.06. The fourth-order valence-electron chi connectivity index (χ4n) is 3.29. The summed E-state index contributed by atoms with van der Waals surface area (Å²) in [4.78, 5) is 14.5. The lowest BCUT2D eigenvalue weighted by atomic mass is 10.1. The van der Waals surface area contributed by atoms with Crippen LogP contribution in [0.2, 0.25) is 0 Å². The summed E-state index contributed by atoms with van der Waals surface area (Å²) in [5.41, 5.74) is 5.52. The van der Waals surface area contributed by atoms with Gasteiger partial charge in [0.2, 0.25) is 0 Å². The number of carbonyl (C=O) groups is 1. The van der Waals surface area contributed by atoms with Crippen molar-refractivity contribution in [2.24, 2.45) is 5.73 Å². The molecule has 1 aromatic rings. The highest BCUT2D eigenvalue weighted by Crippen LogP contribution is 2.20. The Bertz CT molecular complexity index is 508. The number of hydrogen-bond acceptors (Lipinski definition) is 3. The molecule has 0 aliphatic rings. The number of amides is 2. The number of aromatic hydroxyl groups is 1. The average Bonchev–Trinajstić information content (AvgIpc) is 2.68. The molecule has 0 unspecified atom stereocenters. The van der Waals surface area contributed by atoms with Crippen molar-refractivity contribution in [3.05, 3.63) is 24.3 Å². The number of thioether (sulfide) groups is 1. The number of hydrogen-bond donors (Lipinski definition) is 2. The first kappa shape index (κ1) is 24.7. The van der Waals surface area contributed by atoms with E-state index in [1.165, 1.54) is 70.6 Å². The zero-order valence-corrected chi connectivity index (χ0v) is 18.5. The van der Waals surface area contributed by atoms with Crippen molar-refractivity contribution in [3.8, 4) is 5.75 Å². The van der Waals surface area contributed by atoms with E-state index in [0.29, 0.717) is 6.54 Å². The van der Waals surface area contributed by atoms with Gasteiger partial charge in [-0.3, -0.25) is 0 Å². The number of carbonyl (C=O) groups excluding carboxylic acids is 1. The van der Waals surface area contributed by atoms with Crippen molar-refractivity contribution < 1.29 is 9.90 Å². The van der Waals surface area contributed by atoms with Crippen LogP contribution in [0, 0.1) is 0 Å². The minimum Gasteiger partial charge on any atom is -0.508 e. The van der Waals surface area contributed by atoms with Gasteiger partial charge in [-0.15, -0.1) is 11.8 Å². The zero-order valence-electron chi connectivity index (χ0n) is 17.7. The Labute approximate surface area is 176 Å². The molecule has 160 valence electrons. The summed E-state index contributed by atoms with van der Waals surface area (Å²) in [7, 11) is 0. The molecule has 0 radical (unpaired) electrons. The Morgan fingerprint density at radius 3 is 1.86 bits per heavy atom. The standard InChI is InChI=1S/C23H40N2O2S/c1-2-3-4-5-6-7-8-9-10-11-12-13-18-25(23(24)27)19-20-28-22-16-14-21(26)15-17-22/h14-17,26H,2-13,18-20H2,1H3,(H2,24,27). The van der Waals surface area contributed by atoms with E-state index in [9.17, 15) is 9.90 Å². The highest BCUT2D eigenvalue weighted by Gasteiger charge is 2.09. The number of phenols is 1. The van der Waals surface area contributed by atoms with Gasteiger partial charge in [0, 0.05) is 23.7 Å². The van der Waals surface area contributed by atoms with Crippen LogP contribution >= 0.6 is 11.8 Å².